The number of nitrogens with one attached hydrogen (secondary N) is 1. The van der Waals surface area contributed by atoms with Gasteiger partial charge in [0.1, 0.15) is 5.69 Å². The average molecular weight is 438 g/mol. The lowest BCUT2D eigenvalue weighted by atomic mass is 9.95. The molecule has 4 nitrogen and oxygen atoms in total. The summed E-state index contributed by atoms with van der Waals surface area (Å²) in [4.78, 5) is 13.9. The minimum Gasteiger partial charge on any atom is -0.345 e. The van der Waals surface area contributed by atoms with E-state index in [1.54, 1.807) is 0 Å². The molecule has 4 rings (SSSR count). The third kappa shape index (κ3) is 4.90. The lowest BCUT2D eigenvalue weighted by molar-refractivity contribution is 0.0925. The molecule has 0 aliphatic heterocycles. The summed E-state index contributed by atoms with van der Waals surface area (Å²) in [6.07, 6.45) is 1.68. The Bertz CT molecular complexity index is 1180. The van der Waals surface area contributed by atoms with Crippen molar-refractivity contribution in [3.05, 3.63) is 108 Å². The van der Waals surface area contributed by atoms with Crippen molar-refractivity contribution >= 4 is 5.91 Å². The van der Waals surface area contributed by atoms with Crippen LogP contribution in [0.15, 0.2) is 91.0 Å². The largest absolute Gasteiger partial charge is 0.345 e. The zero-order chi connectivity index (χ0) is 23.2. The average Bonchev–Trinajstić information content (AvgIpc) is 3.23. The maximum absolute atomic E-state index is 13.9. The number of aromatic nitrogens is 2. The molecule has 4 aromatic rings. The van der Waals surface area contributed by atoms with Crippen molar-refractivity contribution in [1.82, 2.24) is 15.1 Å². The highest BCUT2D eigenvalue weighted by molar-refractivity contribution is 6.01. The van der Waals surface area contributed by atoms with Crippen LogP contribution in [0.5, 0.6) is 0 Å². The molecule has 33 heavy (non-hydrogen) atoms. The SMILES string of the molecule is CCCc1c(C(=O)NC(c2ccccc2)C(C)C)c(-c2ccccc2)nn1-c1ccccc1. The molecule has 1 atom stereocenters. The number of para-hydroxylation sites is 1. The molecule has 1 amide bonds. The van der Waals surface area contributed by atoms with Gasteiger partial charge in [-0.15, -0.1) is 0 Å². The molecule has 0 radical (unpaired) electrons. The molecule has 1 unspecified atom stereocenters. The van der Waals surface area contributed by atoms with Crippen LogP contribution in [0.1, 0.15) is 54.8 Å². The molecule has 3 aromatic carbocycles. The van der Waals surface area contributed by atoms with E-state index in [1.807, 2.05) is 83.5 Å². The molecule has 1 N–H and O–H groups in total. The van der Waals surface area contributed by atoms with Crippen molar-refractivity contribution in [1.29, 1.82) is 0 Å². The highest BCUT2D eigenvalue weighted by Gasteiger charge is 2.27. The summed E-state index contributed by atoms with van der Waals surface area (Å²) in [7, 11) is 0. The van der Waals surface area contributed by atoms with Gasteiger partial charge in [-0.25, -0.2) is 4.68 Å². The normalized spacial score (nSPS) is 12.0. The van der Waals surface area contributed by atoms with Gasteiger partial charge in [0.05, 0.1) is 23.0 Å². The molecule has 0 aliphatic rings. The first kappa shape index (κ1) is 22.5. The van der Waals surface area contributed by atoms with Gasteiger partial charge in [-0.3, -0.25) is 4.79 Å². The Labute approximate surface area is 196 Å². The summed E-state index contributed by atoms with van der Waals surface area (Å²) in [5.74, 6) is 0.164. The molecule has 0 bridgehead atoms. The number of amides is 1. The van der Waals surface area contributed by atoms with E-state index in [0.29, 0.717) is 5.56 Å². The second kappa shape index (κ2) is 10.3. The molecule has 1 heterocycles. The molecular weight excluding hydrogens is 406 g/mol. The van der Waals surface area contributed by atoms with E-state index in [2.05, 4.69) is 38.2 Å². The van der Waals surface area contributed by atoms with Crippen LogP contribution >= 0.6 is 0 Å². The number of benzene rings is 3. The van der Waals surface area contributed by atoms with Crippen LogP contribution in [0.4, 0.5) is 0 Å². The van der Waals surface area contributed by atoms with Crippen molar-refractivity contribution in [3.63, 3.8) is 0 Å². The minimum absolute atomic E-state index is 0.0814. The summed E-state index contributed by atoms with van der Waals surface area (Å²) >= 11 is 0. The van der Waals surface area contributed by atoms with E-state index in [-0.39, 0.29) is 17.9 Å². The Morgan fingerprint density at radius 2 is 1.45 bits per heavy atom. The van der Waals surface area contributed by atoms with Crippen molar-refractivity contribution < 1.29 is 4.79 Å². The van der Waals surface area contributed by atoms with Gasteiger partial charge in [0.15, 0.2) is 0 Å². The molecule has 1 aromatic heterocycles. The predicted molar refractivity (Wildman–Crippen MR) is 134 cm³/mol. The van der Waals surface area contributed by atoms with Crippen molar-refractivity contribution in [2.75, 3.05) is 0 Å². The number of rotatable bonds is 8. The quantitative estimate of drug-likeness (QED) is 0.337. The second-order valence-electron chi connectivity index (χ2n) is 8.64. The maximum atomic E-state index is 13.9. The Kier molecular flexibility index (Phi) is 7.04. The van der Waals surface area contributed by atoms with Gasteiger partial charge in [-0.05, 0) is 30.0 Å². The van der Waals surface area contributed by atoms with Crippen LogP contribution in [0.25, 0.3) is 16.9 Å². The van der Waals surface area contributed by atoms with E-state index in [4.69, 9.17) is 5.10 Å². The highest BCUT2D eigenvalue weighted by Crippen LogP contribution is 2.30. The highest BCUT2D eigenvalue weighted by atomic mass is 16.1. The molecule has 0 aliphatic carbocycles. The summed E-state index contributed by atoms with van der Waals surface area (Å²) in [6, 6.07) is 30.1. The van der Waals surface area contributed by atoms with Crippen LogP contribution < -0.4 is 5.32 Å². The lowest BCUT2D eigenvalue weighted by Crippen LogP contribution is -2.32. The predicted octanol–water partition coefficient (Wildman–Crippen LogP) is 6.62. The van der Waals surface area contributed by atoms with Crippen LogP contribution in [-0.4, -0.2) is 15.7 Å². The first-order valence-corrected chi connectivity index (χ1v) is 11.7. The molecule has 4 heteroatoms. The summed E-state index contributed by atoms with van der Waals surface area (Å²) in [6.45, 7) is 6.40. The number of carbonyl (C=O) groups excluding carboxylic acids is 1. The number of hydrogen-bond donors (Lipinski definition) is 1. The van der Waals surface area contributed by atoms with Crippen molar-refractivity contribution in [2.24, 2.45) is 5.92 Å². The standard InChI is InChI=1S/C29H31N3O/c1-4-14-25-26(29(33)30-27(21(2)3)22-15-8-5-9-16-22)28(23-17-10-6-11-18-23)31-32(25)24-19-12-7-13-20-24/h5-13,15-21,27H,4,14H2,1-3H3,(H,30,33). The van der Waals surface area contributed by atoms with Gasteiger partial charge in [0.2, 0.25) is 0 Å². The van der Waals surface area contributed by atoms with Crippen molar-refractivity contribution in [3.8, 4) is 16.9 Å². The van der Waals surface area contributed by atoms with E-state index in [1.165, 1.54) is 0 Å². The second-order valence-corrected chi connectivity index (χ2v) is 8.64. The molecule has 0 spiro atoms. The molecule has 0 fully saturated rings. The van der Waals surface area contributed by atoms with Crippen LogP contribution in [0, 0.1) is 5.92 Å². The monoisotopic (exact) mass is 437 g/mol. The Morgan fingerprint density at radius 3 is 2.03 bits per heavy atom. The van der Waals surface area contributed by atoms with E-state index in [9.17, 15) is 4.79 Å². The Balaban J connectivity index is 1.84. The lowest BCUT2D eigenvalue weighted by Gasteiger charge is -2.23. The smallest absolute Gasteiger partial charge is 0.255 e. The summed E-state index contributed by atoms with van der Waals surface area (Å²) in [5.41, 5.74) is 5.32. The van der Waals surface area contributed by atoms with Gasteiger partial charge in [-0.1, -0.05) is 106 Å². The zero-order valence-electron chi connectivity index (χ0n) is 19.5. The zero-order valence-corrected chi connectivity index (χ0v) is 19.5. The van der Waals surface area contributed by atoms with Gasteiger partial charge in [0.25, 0.3) is 5.91 Å². The summed E-state index contributed by atoms with van der Waals surface area (Å²) < 4.78 is 1.94. The van der Waals surface area contributed by atoms with E-state index in [0.717, 1.165) is 41.0 Å². The minimum atomic E-state index is -0.0862. The van der Waals surface area contributed by atoms with Gasteiger partial charge < -0.3 is 5.32 Å². The fraction of sp³-hybridized carbons (Fsp3) is 0.241. The third-order valence-electron chi connectivity index (χ3n) is 5.85. The van der Waals surface area contributed by atoms with Gasteiger partial charge in [-0.2, -0.15) is 5.10 Å². The molecule has 0 saturated carbocycles. The van der Waals surface area contributed by atoms with Gasteiger partial charge >= 0.3 is 0 Å². The summed E-state index contributed by atoms with van der Waals surface area (Å²) in [5, 5.41) is 8.30. The Morgan fingerprint density at radius 1 is 0.879 bits per heavy atom. The van der Waals surface area contributed by atoms with Crippen LogP contribution in [0.3, 0.4) is 0 Å². The first-order valence-electron chi connectivity index (χ1n) is 11.7. The number of hydrogen-bond acceptors (Lipinski definition) is 2. The fourth-order valence-corrected chi connectivity index (χ4v) is 4.25. The van der Waals surface area contributed by atoms with E-state index < -0.39 is 0 Å². The number of nitrogens with zero attached hydrogens (tertiary/aromatic N) is 2. The molecular formula is C29H31N3O. The maximum Gasteiger partial charge on any atom is 0.255 e. The van der Waals surface area contributed by atoms with Crippen LogP contribution in [-0.2, 0) is 6.42 Å². The molecule has 168 valence electrons. The molecule has 0 saturated heterocycles. The number of carbonyl (C=O) groups is 1. The fourth-order valence-electron chi connectivity index (χ4n) is 4.25. The third-order valence-corrected chi connectivity index (χ3v) is 5.85. The van der Waals surface area contributed by atoms with Gasteiger partial charge in [0, 0.05) is 5.56 Å². The van der Waals surface area contributed by atoms with E-state index >= 15 is 0 Å². The Hall–Kier alpha value is -3.66. The topological polar surface area (TPSA) is 46.9 Å². The van der Waals surface area contributed by atoms with Crippen LogP contribution in [0.2, 0.25) is 0 Å². The first-order chi connectivity index (χ1) is 16.1. The van der Waals surface area contributed by atoms with Crippen molar-refractivity contribution in [2.45, 2.75) is 39.7 Å².